The Morgan fingerprint density at radius 2 is 2.31 bits per heavy atom. The standard InChI is InChI=1S/C10H18N2O/c1-10(4-5-10)12-9(13)8-3-2-6-11-7-8/h8,11H,2-7H2,1H3,(H,12,13)/t8-/m0/s1. The zero-order valence-corrected chi connectivity index (χ0v) is 8.23. The number of hydrogen-bond donors (Lipinski definition) is 2. The van der Waals surface area contributed by atoms with E-state index >= 15 is 0 Å². The van der Waals surface area contributed by atoms with Gasteiger partial charge in [-0.3, -0.25) is 4.79 Å². The van der Waals surface area contributed by atoms with Gasteiger partial charge in [0.15, 0.2) is 0 Å². The highest BCUT2D eigenvalue weighted by Crippen LogP contribution is 2.34. The third-order valence-corrected chi connectivity index (χ3v) is 3.09. The van der Waals surface area contributed by atoms with Crippen LogP contribution in [0.4, 0.5) is 0 Å². The van der Waals surface area contributed by atoms with E-state index in [0.29, 0.717) is 0 Å². The molecular formula is C10H18N2O. The van der Waals surface area contributed by atoms with Gasteiger partial charge >= 0.3 is 0 Å². The molecule has 74 valence electrons. The van der Waals surface area contributed by atoms with Gasteiger partial charge in [-0.2, -0.15) is 0 Å². The van der Waals surface area contributed by atoms with Crippen LogP contribution < -0.4 is 10.6 Å². The highest BCUT2D eigenvalue weighted by atomic mass is 16.2. The van der Waals surface area contributed by atoms with E-state index in [9.17, 15) is 4.79 Å². The van der Waals surface area contributed by atoms with Gasteiger partial charge in [0, 0.05) is 12.1 Å². The average Bonchev–Trinajstić information content (AvgIpc) is 2.85. The molecule has 2 fully saturated rings. The molecule has 3 heteroatoms. The van der Waals surface area contributed by atoms with Gasteiger partial charge in [-0.1, -0.05) is 0 Å². The first-order valence-electron chi connectivity index (χ1n) is 5.22. The van der Waals surface area contributed by atoms with Crippen molar-refractivity contribution in [3.05, 3.63) is 0 Å². The van der Waals surface area contributed by atoms with E-state index in [-0.39, 0.29) is 17.4 Å². The zero-order chi connectivity index (χ0) is 9.31. The number of carbonyl (C=O) groups is 1. The summed E-state index contributed by atoms with van der Waals surface area (Å²) in [7, 11) is 0. The SMILES string of the molecule is CC1(NC(=O)[C@H]2CCCNC2)CC1. The van der Waals surface area contributed by atoms with Gasteiger partial charge in [0.25, 0.3) is 0 Å². The zero-order valence-electron chi connectivity index (χ0n) is 8.23. The van der Waals surface area contributed by atoms with Crippen LogP contribution in [0.25, 0.3) is 0 Å². The number of rotatable bonds is 2. The van der Waals surface area contributed by atoms with Gasteiger partial charge in [0.1, 0.15) is 0 Å². The molecule has 0 unspecified atom stereocenters. The van der Waals surface area contributed by atoms with E-state index in [1.807, 2.05) is 0 Å². The lowest BCUT2D eigenvalue weighted by Gasteiger charge is -2.23. The highest BCUT2D eigenvalue weighted by Gasteiger charge is 2.39. The Morgan fingerprint density at radius 1 is 1.54 bits per heavy atom. The largest absolute Gasteiger partial charge is 0.351 e. The molecule has 1 saturated carbocycles. The molecule has 1 aliphatic heterocycles. The minimum Gasteiger partial charge on any atom is -0.351 e. The minimum absolute atomic E-state index is 0.147. The topological polar surface area (TPSA) is 41.1 Å². The molecule has 0 bridgehead atoms. The molecule has 13 heavy (non-hydrogen) atoms. The molecule has 1 amide bonds. The molecule has 0 radical (unpaired) electrons. The molecular weight excluding hydrogens is 164 g/mol. The summed E-state index contributed by atoms with van der Waals surface area (Å²) in [5, 5.41) is 6.38. The van der Waals surface area contributed by atoms with Gasteiger partial charge in [-0.05, 0) is 39.2 Å². The first kappa shape index (κ1) is 9.00. The Balaban J connectivity index is 1.81. The molecule has 1 atom stereocenters. The number of piperidine rings is 1. The molecule has 2 rings (SSSR count). The fraction of sp³-hybridized carbons (Fsp3) is 0.900. The second kappa shape index (κ2) is 3.29. The summed E-state index contributed by atoms with van der Waals surface area (Å²) in [6, 6.07) is 0. The normalized spacial score (nSPS) is 31.0. The number of hydrogen-bond acceptors (Lipinski definition) is 2. The Bertz CT molecular complexity index is 205. The molecule has 0 spiro atoms. The molecule has 0 aromatic carbocycles. The van der Waals surface area contributed by atoms with Crippen LogP contribution in [0.3, 0.4) is 0 Å². The van der Waals surface area contributed by atoms with Crippen LogP contribution in [0.2, 0.25) is 0 Å². The predicted octanol–water partition coefficient (Wildman–Crippen LogP) is 0.655. The summed E-state index contributed by atoms with van der Waals surface area (Å²) in [6.07, 6.45) is 4.49. The summed E-state index contributed by atoms with van der Waals surface area (Å²) < 4.78 is 0. The van der Waals surface area contributed by atoms with Gasteiger partial charge in [0.2, 0.25) is 5.91 Å². The third kappa shape index (κ3) is 2.21. The minimum atomic E-state index is 0.147. The van der Waals surface area contributed by atoms with Crippen LogP contribution in [-0.4, -0.2) is 24.5 Å². The van der Waals surface area contributed by atoms with Crippen molar-refractivity contribution < 1.29 is 4.79 Å². The Morgan fingerprint density at radius 3 is 2.85 bits per heavy atom. The van der Waals surface area contributed by atoms with Crippen molar-refractivity contribution in [3.8, 4) is 0 Å². The molecule has 0 aromatic rings. The van der Waals surface area contributed by atoms with Crippen molar-refractivity contribution >= 4 is 5.91 Å². The second-order valence-corrected chi connectivity index (χ2v) is 4.59. The lowest BCUT2D eigenvalue weighted by Crippen LogP contribution is -2.44. The molecule has 1 heterocycles. The van der Waals surface area contributed by atoms with Gasteiger partial charge < -0.3 is 10.6 Å². The maximum Gasteiger partial charge on any atom is 0.224 e. The monoisotopic (exact) mass is 182 g/mol. The maximum absolute atomic E-state index is 11.7. The highest BCUT2D eigenvalue weighted by molar-refractivity contribution is 5.80. The fourth-order valence-electron chi connectivity index (χ4n) is 1.79. The summed E-state index contributed by atoms with van der Waals surface area (Å²) >= 11 is 0. The van der Waals surface area contributed by atoms with Crippen molar-refractivity contribution in [2.24, 2.45) is 5.92 Å². The van der Waals surface area contributed by atoms with Gasteiger partial charge in [0.05, 0.1) is 5.92 Å². The van der Waals surface area contributed by atoms with Gasteiger partial charge in [-0.15, -0.1) is 0 Å². The predicted molar refractivity (Wildman–Crippen MR) is 51.4 cm³/mol. The smallest absolute Gasteiger partial charge is 0.224 e. The number of nitrogens with one attached hydrogen (secondary N) is 2. The van der Waals surface area contributed by atoms with E-state index in [4.69, 9.17) is 0 Å². The van der Waals surface area contributed by atoms with Crippen molar-refractivity contribution in [3.63, 3.8) is 0 Å². The van der Waals surface area contributed by atoms with Crippen LogP contribution >= 0.6 is 0 Å². The van der Waals surface area contributed by atoms with Crippen LogP contribution in [0.5, 0.6) is 0 Å². The van der Waals surface area contributed by atoms with Crippen LogP contribution in [-0.2, 0) is 4.79 Å². The summed E-state index contributed by atoms with van der Waals surface area (Å²) in [5.41, 5.74) is 0.147. The van der Waals surface area contributed by atoms with Crippen LogP contribution in [0, 0.1) is 5.92 Å². The van der Waals surface area contributed by atoms with E-state index < -0.39 is 0 Å². The third-order valence-electron chi connectivity index (χ3n) is 3.09. The molecule has 3 nitrogen and oxygen atoms in total. The summed E-state index contributed by atoms with van der Waals surface area (Å²) in [6.45, 7) is 4.06. The first-order chi connectivity index (χ1) is 6.20. The molecule has 2 N–H and O–H groups in total. The lowest BCUT2D eigenvalue weighted by atomic mass is 9.98. The molecule has 2 aliphatic rings. The van der Waals surface area contributed by atoms with Gasteiger partial charge in [-0.25, -0.2) is 0 Å². The van der Waals surface area contributed by atoms with E-state index in [0.717, 1.165) is 38.8 Å². The number of carbonyl (C=O) groups excluding carboxylic acids is 1. The number of amides is 1. The van der Waals surface area contributed by atoms with E-state index in [1.165, 1.54) is 0 Å². The average molecular weight is 182 g/mol. The van der Waals surface area contributed by atoms with Crippen molar-refractivity contribution in [2.45, 2.75) is 38.1 Å². The Kier molecular flexibility index (Phi) is 2.28. The summed E-state index contributed by atoms with van der Waals surface area (Å²) in [4.78, 5) is 11.7. The molecule has 0 aromatic heterocycles. The maximum atomic E-state index is 11.7. The Hall–Kier alpha value is -0.570. The van der Waals surface area contributed by atoms with Crippen molar-refractivity contribution in [1.82, 2.24) is 10.6 Å². The molecule has 1 saturated heterocycles. The van der Waals surface area contributed by atoms with Crippen LogP contribution in [0.1, 0.15) is 32.6 Å². The summed E-state index contributed by atoms with van der Waals surface area (Å²) in [5.74, 6) is 0.471. The lowest BCUT2D eigenvalue weighted by molar-refractivity contribution is -0.126. The fourth-order valence-corrected chi connectivity index (χ4v) is 1.79. The first-order valence-corrected chi connectivity index (χ1v) is 5.22. The second-order valence-electron chi connectivity index (χ2n) is 4.59. The van der Waals surface area contributed by atoms with Crippen molar-refractivity contribution in [1.29, 1.82) is 0 Å². The van der Waals surface area contributed by atoms with Crippen molar-refractivity contribution in [2.75, 3.05) is 13.1 Å². The Labute approximate surface area is 79.3 Å². The quantitative estimate of drug-likeness (QED) is 0.658. The van der Waals surface area contributed by atoms with E-state index in [2.05, 4.69) is 17.6 Å². The molecule has 1 aliphatic carbocycles. The van der Waals surface area contributed by atoms with Crippen LogP contribution in [0.15, 0.2) is 0 Å². The van der Waals surface area contributed by atoms with E-state index in [1.54, 1.807) is 0 Å².